The number of hydrogen-bond donors (Lipinski definition) is 2. The lowest BCUT2D eigenvalue weighted by molar-refractivity contribution is -0.140. The van der Waals surface area contributed by atoms with E-state index in [1.165, 1.54) is 0 Å². The van der Waals surface area contributed by atoms with Crippen molar-refractivity contribution in [3.05, 3.63) is 24.0 Å². The fraction of sp³-hybridized carbons (Fsp3) is 0.500. The van der Waals surface area contributed by atoms with Crippen LogP contribution in [0.5, 0.6) is 0 Å². The molecular weight excluding hydrogens is 220 g/mol. The Morgan fingerprint density at radius 3 is 2.59 bits per heavy atom. The summed E-state index contributed by atoms with van der Waals surface area (Å²) in [5, 5.41) is 11.3. The maximum atomic E-state index is 11.8. The number of aliphatic carboxylic acids is 1. The summed E-state index contributed by atoms with van der Waals surface area (Å²) in [6.07, 6.45) is 1.83. The molecule has 0 radical (unpaired) electrons. The molecular formula is C12H18N2O3. The molecule has 17 heavy (non-hydrogen) atoms. The number of rotatable bonds is 5. The number of carboxylic acids is 1. The number of aromatic nitrogens is 1. The monoisotopic (exact) mass is 238 g/mol. The lowest BCUT2D eigenvalue weighted by Crippen LogP contribution is -2.32. The molecule has 0 saturated heterocycles. The number of carbonyl (C=O) groups excluding carboxylic acids is 1. The molecule has 5 heteroatoms. The summed E-state index contributed by atoms with van der Waals surface area (Å²) in [5.74, 6) is -1.73. The van der Waals surface area contributed by atoms with Crippen molar-refractivity contribution < 1.29 is 14.7 Å². The van der Waals surface area contributed by atoms with Gasteiger partial charge >= 0.3 is 5.97 Å². The van der Waals surface area contributed by atoms with Gasteiger partial charge in [0.15, 0.2) is 0 Å². The van der Waals surface area contributed by atoms with Crippen LogP contribution in [0.1, 0.15) is 37.3 Å². The summed E-state index contributed by atoms with van der Waals surface area (Å²) in [5.41, 5.74) is 0.553. The van der Waals surface area contributed by atoms with Gasteiger partial charge in [-0.05, 0) is 26.0 Å². The quantitative estimate of drug-likeness (QED) is 0.817. The van der Waals surface area contributed by atoms with Crippen molar-refractivity contribution in [2.24, 2.45) is 5.92 Å². The number of carbonyl (C=O) groups is 2. The van der Waals surface area contributed by atoms with E-state index in [9.17, 15) is 9.59 Å². The zero-order valence-electron chi connectivity index (χ0n) is 10.3. The third-order valence-electron chi connectivity index (χ3n) is 2.56. The normalized spacial score (nSPS) is 12.5. The van der Waals surface area contributed by atoms with Crippen molar-refractivity contribution in [3.8, 4) is 0 Å². The van der Waals surface area contributed by atoms with Crippen LogP contribution < -0.4 is 5.32 Å². The maximum Gasteiger partial charge on any atom is 0.308 e. The van der Waals surface area contributed by atoms with Crippen LogP contribution in [0.4, 0.5) is 0 Å². The Morgan fingerprint density at radius 2 is 2.06 bits per heavy atom. The molecule has 0 aliphatic carbocycles. The minimum atomic E-state index is -0.912. The van der Waals surface area contributed by atoms with Gasteiger partial charge in [-0.15, -0.1) is 0 Å². The van der Waals surface area contributed by atoms with Gasteiger partial charge in [0.05, 0.1) is 5.92 Å². The first-order valence-corrected chi connectivity index (χ1v) is 5.61. The Balaban J connectivity index is 2.64. The Labute approximate surface area is 100 Å². The first-order chi connectivity index (χ1) is 7.93. The highest BCUT2D eigenvalue weighted by molar-refractivity contribution is 5.93. The van der Waals surface area contributed by atoms with Gasteiger partial charge in [0, 0.05) is 18.8 Å². The summed E-state index contributed by atoms with van der Waals surface area (Å²) in [6, 6.07) is 3.72. The van der Waals surface area contributed by atoms with E-state index in [1.807, 2.05) is 24.6 Å². The highest BCUT2D eigenvalue weighted by Gasteiger charge is 2.15. The van der Waals surface area contributed by atoms with Gasteiger partial charge in [0.25, 0.3) is 5.91 Å². The van der Waals surface area contributed by atoms with Gasteiger partial charge in [0.1, 0.15) is 5.69 Å². The third-order valence-corrected chi connectivity index (χ3v) is 2.56. The van der Waals surface area contributed by atoms with Crippen LogP contribution in [0.25, 0.3) is 0 Å². The molecule has 5 nitrogen and oxygen atoms in total. The molecule has 0 aliphatic rings. The largest absolute Gasteiger partial charge is 0.481 e. The molecule has 0 bridgehead atoms. The third kappa shape index (κ3) is 3.34. The van der Waals surface area contributed by atoms with Crippen LogP contribution in [0.2, 0.25) is 0 Å². The van der Waals surface area contributed by atoms with Crippen LogP contribution >= 0.6 is 0 Å². The zero-order chi connectivity index (χ0) is 13.0. The van der Waals surface area contributed by atoms with Crippen molar-refractivity contribution in [3.63, 3.8) is 0 Å². The predicted molar refractivity (Wildman–Crippen MR) is 64.0 cm³/mol. The second-order valence-corrected chi connectivity index (χ2v) is 4.34. The first kappa shape index (κ1) is 13.3. The number of nitrogens with one attached hydrogen (secondary N) is 1. The Morgan fingerprint density at radius 1 is 1.41 bits per heavy atom. The summed E-state index contributed by atoms with van der Waals surface area (Å²) in [6.45, 7) is 5.66. The minimum Gasteiger partial charge on any atom is -0.481 e. The zero-order valence-corrected chi connectivity index (χ0v) is 10.3. The molecule has 1 atom stereocenters. The molecule has 1 aromatic rings. The second-order valence-electron chi connectivity index (χ2n) is 4.34. The van der Waals surface area contributed by atoms with Crippen molar-refractivity contribution in [1.29, 1.82) is 0 Å². The predicted octanol–water partition coefficient (Wildman–Crippen LogP) is 1.52. The summed E-state index contributed by atoms with van der Waals surface area (Å²) in [4.78, 5) is 22.5. The number of nitrogens with zero attached hydrogens (tertiary/aromatic N) is 1. The Kier molecular flexibility index (Phi) is 4.31. The lowest BCUT2D eigenvalue weighted by atomic mass is 10.2. The van der Waals surface area contributed by atoms with Crippen LogP contribution in [-0.4, -0.2) is 28.1 Å². The molecule has 0 aromatic carbocycles. The van der Waals surface area contributed by atoms with Crippen LogP contribution in [0.3, 0.4) is 0 Å². The van der Waals surface area contributed by atoms with Crippen molar-refractivity contribution >= 4 is 11.9 Å². The van der Waals surface area contributed by atoms with Gasteiger partial charge in [-0.3, -0.25) is 9.59 Å². The number of amides is 1. The van der Waals surface area contributed by atoms with E-state index in [0.29, 0.717) is 5.69 Å². The summed E-state index contributed by atoms with van der Waals surface area (Å²) in [7, 11) is 0. The molecule has 1 heterocycles. The van der Waals surface area contributed by atoms with Crippen LogP contribution in [0.15, 0.2) is 18.3 Å². The molecule has 1 unspecified atom stereocenters. The molecule has 1 amide bonds. The Hall–Kier alpha value is -1.78. The maximum absolute atomic E-state index is 11.8. The van der Waals surface area contributed by atoms with Crippen molar-refractivity contribution in [2.45, 2.75) is 26.8 Å². The fourth-order valence-corrected chi connectivity index (χ4v) is 1.46. The van der Waals surface area contributed by atoms with E-state index in [2.05, 4.69) is 5.32 Å². The minimum absolute atomic E-state index is 0.136. The molecule has 1 aromatic heterocycles. The highest BCUT2D eigenvalue weighted by Crippen LogP contribution is 2.10. The Bertz CT molecular complexity index is 410. The van der Waals surface area contributed by atoms with Crippen LogP contribution in [0, 0.1) is 5.92 Å². The van der Waals surface area contributed by atoms with E-state index >= 15 is 0 Å². The van der Waals surface area contributed by atoms with E-state index in [0.717, 1.165) is 0 Å². The van der Waals surface area contributed by atoms with Gasteiger partial charge in [-0.1, -0.05) is 6.92 Å². The number of carboxylic acid groups (broad SMARTS) is 1. The van der Waals surface area contributed by atoms with E-state index < -0.39 is 11.9 Å². The fourth-order valence-electron chi connectivity index (χ4n) is 1.46. The number of hydrogen-bond acceptors (Lipinski definition) is 2. The van der Waals surface area contributed by atoms with Gasteiger partial charge in [-0.25, -0.2) is 0 Å². The molecule has 2 N–H and O–H groups in total. The lowest BCUT2D eigenvalue weighted by Gasteiger charge is -2.13. The highest BCUT2D eigenvalue weighted by atomic mass is 16.4. The van der Waals surface area contributed by atoms with Gasteiger partial charge in [0.2, 0.25) is 0 Å². The second kappa shape index (κ2) is 5.52. The SMILES string of the molecule is CC(CNC(=O)c1cccn1C(C)C)C(=O)O. The summed E-state index contributed by atoms with van der Waals surface area (Å²) >= 11 is 0. The van der Waals surface area contributed by atoms with Crippen LogP contribution in [-0.2, 0) is 4.79 Å². The standard InChI is InChI=1S/C12H18N2O3/c1-8(2)14-6-4-5-10(14)11(15)13-7-9(3)12(16)17/h4-6,8-9H,7H2,1-3H3,(H,13,15)(H,16,17). The smallest absolute Gasteiger partial charge is 0.308 e. The van der Waals surface area contributed by atoms with E-state index in [1.54, 1.807) is 19.1 Å². The first-order valence-electron chi connectivity index (χ1n) is 5.61. The van der Waals surface area contributed by atoms with Crippen molar-refractivity contribution in [1.82, 2.24) is 9.88 Å². The molecule has 0 saturated carbocycles. The topological polar surface area (TPSA) is 71.3 Å². The molecule has 1 rings (SSSR count). The summed E-state index contributed by atoms with van der Waals surface area (Å²) < 4.78 is 1.85. The van der Waals surface area contributed by atoms with E-state index in [4.69, 9.17) is 5.11 Å². The average molecular weight is 238 g/mol. The molecule has 0 aliphatic heterocycles. The van der Waals surface area contributed by atoms with Gasteiger partial charge in [-0.2, -0.15) is 0 Å². The molecule has 0 spiro atoms. The van der Waals surface area contributed by atoms with Crippen molar-refractivity contribution in [2.75, 3.05) is 6.54 Å². The van der Waals surface area contributed by atoms with E-state index in [-0.39, 0.29) is 18.5 Å². The molecule has 94 valence electrons. The molecule has 0 fully saturated rings. The van der Waals surface area contributed by atoms with Gasteiger partial charge < -0.3 is 15.0 Å². The average Bonchev–Trinajstić information content (AvgIpc) is 2.73.